The number of non-ortho nitro benzene ring substituents is 1. The van der Waals surface area contributed by atoms with E-state index >= 15 is 0 Å². The third kappa shape index (κ3) is 3.66. The first-order valence-electron chi connectivity index (χ1n) is 8.79. The number of aromatic nitrogens is 2. The van der Waals surface area contributed by atoms with Gasteiger partial charge in [0.05, 0.1) is 28.3 Å². The second-order valence-corrected chi connectivity index (χ2v) is 8.92. The molecule has 1 aromatic carbocycles. The zero-order chi connectivity index (χ0) is 21.6. The van der Waals surface area contributed by atoms with Crippen LogP contribution < -0.4 is 5.43 Å². The summed E-state index contributed by atoms with van der Waals surface area (Å²) in [6.07, 6.45) is 4.09. The number of hydrogen-bond acceptors (Lipinski definition) is 9. The lowest BCUT2D eigenvalue weighted by atomic mass is 10.1. The molecule has 30 heavy (non-hydrogen) atoms. The first-order valence-corrected chi connectivity index (χ1v) is 10.7. The van der Waals surface area contributed by atoms with Crippen LogP contribution in [-0.4, -0.2) is 41.0 Å². The van der Waals surface area contributed by atoms with Crippen LogP contribution in [0.3, 0.4) is 0 Å². The van der Waals surface area contributed by atoms with Gasteiger partial charge in [-0.25, -0.2) is 22.8 Å². The molecule has 0 aliphatic carbocycles. The molecular formula is C18H15FN4O6S. The van der Waals surface area contributed by atoms with E-state index in [0.717, 1.165) is 24.1 Å². The summed E-state index contributed by atoms with van der Waals surface area (Å²) in [4.78, 5) is 33.0. The third-order valence-electron chi connectivity index (χ3n) is 4.80. The molecule has 4 rings (SSSR count). The standard InChI is InChI=1S/C18H15FN4O6S/c1-30(27,28)18-20-6-10-7-22(3-2-14(10)21-18)8-11-9-29-17-13(16(11)24)4-12(19)5-15(17)23(25)26/h4-6,9H,2-3,7-8H2,1H3. The number of fused-ring (bicyclic) bond motifs is 2. The molecule has 0 radical (unpaired) electrons. The Kier molecular flexibility index (Phi) is 4.82. The topological polar surface area (TPSA) is 137 Å². The van der Waals surface area contributed by atoms with Gasteiger partial charge in [-0.05, 0) is 6.07 Å². The van der Waals surface area contributed by atoms with Crippen molar-refractivity contribution in [3.8, 4) is 0 Å². The van der Waals surface area contributed by atoms with E-state index in [9.17, 15) is 27.7 Å². The SMILES string of the molecule is CS(=O)(=O)c1ncc2c(n1)CCN(Cc1coc3c([N+](=O)[O-])cc(F)cc3c1=O)C2. The highest BCUT2D eigenvalue weighted by Crippen LogP contribution is 2.26. The van der Waals surface area contributed by atoms with E-state index in [0.29, 0.717) is 31.3 Å². The van der Waals surface area contributed by atoms with E-state index in [1.54, 1.807) is 0 Å². The van der Waals surface area contributed by atoms with Crippen LogP contribution in [0.15, 0.2) is 39.0 Å². The number of sulfone groups is 1. The molecule has 0 spiro atoms. The van der Waals surface area contributed by atoms with E-state index < -0.39 is 31.7 Å². The van der Waals surface area contributed by atoms with Crippen LogP contribution in [-0.2, 0) is 29.3 Å². The fraction of sp³-hybridized carbons (Fsp3) is 0.278. The van der Waals surface area contributed by atoms with Crippen molar-refractivity contribution in [1.29, 1.82) is 0 Å². The van der Waals surface area contributed by atoms with Gasteiger partial charge < -0.3 is 4.42 Å². The van der Waals surface area contributed by atoms with Crippen LogP contribution in [0.25, 0.3) is 11.0 Å². The normalized spacial score (nSPS) is 14.6. The van der Waals surface area contributed by atoms with Gasteiger partial charge in [-0.2, -0.15) is 0 Å². The van der Waals surface area contributed by atoms with Crippen molar-refractivity contribution in [2.75, 3.05) is 12.8 Å². The predicted octanol–water partition coefficient (Wildman–Crippen LogP) is 1.59. The van der Waals surface area contributed by atoms with Crippen LogP contribution in [0, 0.1) is 15.9 Å². The second-order valence-electron chi connectivity index (χ2n) is 7.01. The number of nitrogens with zero attached hydrogens (tertiary/aromatic N) is 4. The average molecular weight is 434 g/mol. The zero-order valence-electron chi connectivity index (χ0n) is 15.7. The molecule has 0 saturated heterocycles. The van der Waals surface area contributed by atoms with Crippen LogP contribution in [0.4, 0.5) is 10.1 Å². The largest absolute Gasteiger partial charge is 0.456 e. The summed E-state index contributed by atoms with van der Waals surface area (Å²) in [7, 11) is -3.51. The number of halogens is 1. The van der Waals surface area contributed by atoms with Crippen molar-refractivity contribution in [3.63, 3.8) is 0 Å². The number of benzene rings is 1. The molecule has 0 bridgehead atoms. The number of rotatable bonds is 4. The Morgan fingerprint density at radius 2 is 2.13 bits per heavy atom. The number of nitro groups is 1. The maximum Gasteiger partial charge on any atom is 0.315 e. The average Bonchev–Trinajstić information content (AvgIpc) is 2.68. The smallest absolute Gasteiger partial charge is 0.315 e. The minimum absolute atomic E-state index is 0.163. The molecule has 0 N–H and O–H groups in total. The molecule has 0 atom stereocenters. The molecular weight excluding hydrogens is 419 g/mol. The van der Waals surface area contributed by atoms with E-state index in [1.165, 1.54) is 6.20 Å². The molecule has 0 amide bonds. The third-order valence-corrected chi connectivity index (χ3v) is 5.66. The minimum atomic E-state index is -3.51. The van der Waals surface area contributed by atoms with Crippen molar-refractivity contribution >= 4 is 26.5 Å². The van der Waals surface area contributed by atoms with Crippen molar-refractivity contribution in [2.24, 2.45) is 0 Å². The van der Waals surface area contributed by atoms with Gasteiger partial charge >= 0.3 is 5.69 Å². The summed E-state index contributed by atoms with van der Waals surface area (Å²) >= 11 is 0. The van der Waals surface area contributed by atoms with E-state index in [2.05, 4.69) is 9.97 Å². The van der Waals surface area contributed by atoms with Crippen molar-refractivity contribution in [2.45, 2.75) is 24.7 Å². The van der Waals surface area contributed by atoms with Crippen molar-refractivity contribution < 1.29 is 22.1 Å². The molecule has 3 aromatic rings. The quantitative estimate of drug-likeness (QED) is 0.340. The zero-order valence-corrected chi connectivity index (χ0v) is 16.5. The van der Waals surface area contributed by atoms with Gasteiger partial charge in [-0.3, -0.25) is 19.8 Å². The lowest BCUT2D eigenvalue weighted by Crippen LogP contribution is -2.32. The van der Waals surface area contributed by atoms with Crippen molar-refractivity contribution in [3.05, 3.63) is 67.6 Å². The van der Waals surface area contributed by atoms with Gasteiger partial charge in [0.15, 0.2) is 5.43 Å². The van der Waals surface area contributed by atoms with Crippen LogP contribution in [0.5, 0.6) is 0 Å². The first kappa shape index (κ1) is 20.0. The van der Waals surface area contributed by atoms with Gasteiger partial charge in [0.25, 0.3) is 0 Å². The molecule has 0 unspecified atom stereocenters. The van der Waals surface area contributed by atoms with Gasteiger partial charge in [0, 0.05) is 49.6 Å². The van der Waals surface area contributed by atoms with Crippen LogP contribution >= 0.6 is 0 Å². The summed E-state index contributed by atoms with van der Waals surface area (Å²) in [5.74, 6) is -0.899. The van der Waals surface area contributed by atoms with E-state index in [-0.39, 0.29) is 28.2 Å². The lowest BCUT2D eigenvalue weighted by molar-refractivity contribution is -0.383. The fourth-order valence-corrected chi connectivity index (χ4v) is 3.90. The Labute approximate surface area is 169 Å². The van der Waals surface area contributed by atoms with Crippen LogP contribution in [0.2, 0.25) is 0 Å². The predicted molar refractivity (Wildman–Crippen MR) is 102 cm³/mol. The summed E-state index contributed by atoms with van der Waals surface area (Å²) in [6.45, 7) is 1.03. The van der Waals surface area contributed by atoms with Gasteiger partial charge in [-0.15, -0.1) is 0 Å². The molecule has 12 heteroatoms. The molecule has 2 aromatic heterocycles. The summed E-state index contributed by atoms with van der Waals surface area (Å²) < 4.78 is 42.3. The Morgan fingerprint density at radius 1 is 1.37 bits per heavy atom. The van der Waals surface area contributed by atoms with Crippen LogP contribution in [0.1, 0.15) is 16.8 Å². The summed E-state index contributed by atoms with van der Waals surface area (Å²) in [6, 6.07) is 1.63. The summed E-state index contributed by atoms with van der Waals surface area (Å²) in [5.41, 5.74) is 0.151. The highest BCUT2D eigenvalue weighted by molar-refractivity contribution is 7.90. The Balaban J connectivity index is 1.63. The number of nitro benzene ring substituents is 1. The first-order chi connectivity index (χ1) is 14.1. The van der Waals surface area contributed by atoms with Gasteiger partial charge in [-0.1, -0.05) is 0 Å². The molecule has 10 nitrogen and oxygen atoms in total. The number of hydrogen-bond donors (Lipinski definition) is 0. The Morgan fingerprint density at radius 3 is 2.83 bits per heavy atom. The monoisotopic (exact) mass is 434 g/mol. The molecule has 0 fully saturated rings. The van der Waals surface area contributed by atoms with Gasteiger partial charge in [0.2, 0.25) is 20.6 Å². The van der Waals surface area contributed by atoms with E-state index in [4.69, 9.17) is 4.42 Å². The van der Waals surface area contributed by atoms with E-state index in [1.807, 2.05) is 4.90 Å². The molecule has 0 saturated carbocycles. The second kappa shape index (κ2) is 7.22. The highest BCUT2D eigenvalue weighted by atomic mass is 32.2. The molecule has 1 aliphatic heterocycles. The van der Waals surface area contributed by atoms with Crippen molar-refractivity contribution in [1.82, 2.24) is 14.9 Å². The Bertz CT molecular complexity index is 1350. The lowest BCUT2D eigenvalue weighted by Gasteiger charge is -2.27. The molecule has 1 aliphatic rings. The summed E-state index contributed by atoms with van der Waals surface area (Å²) in [5, 5.41) is 10.7. The highest BCUT2D eigenvalue weighted by Gasteiger charge is 2.24. The Hall–Kier alpha value is -3.25. The maximum absolute atomic E-state index is 13.8. The molecule has 3 heterocycles. The fourth-order valence-electron chi connectivity index (χ4n) is 3.38. The minimum Gasteiger partial charge on any atom is -0.456 e. The maximum atomic E-state index is 13.8. The van der Waals surface area contributed by atoms with Gasteiger partial charge in [0.1, 0.15) is 5.82 Å². The molecule has 156 valence electrons.